The van der Waals surface area contributed by atoms with E-state index >= 15 is 0 Å². The van der Waals surface area contributed by atoms with Gasteiger partial charge < -0.3 is 14.0 Å². The molecule has 144 valence electrons. The Hall–Kier alpha value is -0.270. The van der Waals surface area contributed by atoms with Crippen molar-refractivity contribution in [3.63, 3.8) is 0 Å². The molecule has 6 nitrogen and oxygen atoms in total. The third-order valence-electron chi connectivity index (χ3n) is 2.94. The fourth-order valence-corrected chi connectivity index (χ4v) is 8.34. The van der Waals surface area contributed by atoms with Crippen LogP contribution < -0.4 is 4.74 Å². The fourth-order valence-electron chi connectivity index (χ4n) is 1.75. The standard InChI is InChI=1S/C16H29N2O4PS2/c1-6-10-24-23(19,22-7-2)25-12-14-11-15(21-9-8-20-5)18-16(17-14)13(3)4/h11,13H,6-10,12H2,1-5H3. The minimum Gasteiger partial charge on any atom is -0.475 e. The molecule has 0 aliphatic rings. The molecule has 0 N–H and O–H groups in total. The minimum absolute atomic E-state index is 0.183. The van der Waals surface area contributed by atoms with Crippen molar-refractivity contribution in [3.8, 4) is 5.88 Å². The monoisotopic (exact) mass is 408 g/mol. The number of aromatic nitrogens is 2. The Morgan fingerprint density at radius 3 is 2.56 bits per heavy atom. The maximum Gasteiger partial charge on any atom is 0.313 e. The fraction of sp³-hybridized carbons (Fsp3) is 0.750. The molecule has 0 aliphatic heterocycles. The molecule has 1 atom stereocenters. The highest BCUT2D eigenvalue weighted by Gasteiger charge is 2.24. The molecule has 1 aromatic heterocycles. The predicted molar refractivity (Wildman–Crippen MR) is 107 cm³/mol. The molecule has 1 heterocycles. The molecule has 1 aromatic rings. The molecule has 0 amide bonds. The average Bonchev–Trinajstić information content (AvgIpc) is 2.59. The van der Waals surface area contributed by atoms with E-state index < -0.39 is 5.77 Å². The SMILES string of the molecule is CCCSP(=O)(OCC)SCc1cc(OCCOC)nc(C(C)C)n1. The summed E-state index contributed by atoms with van der Waals surface area (Å²) in [5.74, 6) is -0.0259. The Bertz CT molecular complexity index is 561. The van der Waals surface area contributed by atoms with Gasteiger partial charge in [0, 0.05) is 30.6 Å². The summed E-state index contributed by atoms with van der Waals surface area (Å²) in [4.78, 5) is 9.01. The van der Waals surface area contributed by atoms with E-state index in [9.17, 15) is 4.57 Å². The highest BCUT2D eigenvalue weighted by molar-refractivity contribution is 8.89. The van der Waals surface area contributed by atoms with Gasteiger partial charge in [-0.3, -0.25) is 4.57 Å². The normalized spacial score (nSPS) is 13.8. The van der Waals surface area contributed by atoms with Gasteiger partial charge in [0.1, 0.15) is 12.4 Å². The van der Waals surface area contributed by atoms with Crippen molar-refractivity contribution in [1.29, 1.82) is 0 Å². The molecule has 0 radical (unpaired) electrons. The molecular weight excluding hydrogens is 379 g/mol. The maximum absolute atomic E-state index is 12.9. The molecule has 0 bridgehead atoms. The summed E-state index contributed by atoms with van der Waals surface area (Å²) in [6.45, 7) is 9.37. The average molecular weight is 409 g/mol. The summed E-state index contributed by atoms with van der Waals surface area (Å²) in [6.07, 6.45) is 0.963. The van der Waals surface area contributed by atoms with Gasteiger partial charge in [-0.05, 0) is 13.3 Å². The first kappa shape index (κ1) is 22.8. The Kier molecular flexibility index (Phi) is 11.1. The van der Waals surface area contributed by atoms with Crippen LogP contribution in [0.2, 0.25) is 0 Å². The molecule has 0 aromatic carbocycles. The zero-order valence-corrected chi connectivity index (χ0v) is 18.2. The van der Waals surface area contributed by atoms with Crippen molar-refractivity contribution in [3.05, 3.63) is 17.6 Å². The maximum atomic E-state index is 12.9. The second-order valence-electron chi connectivity index (χ2n) is 5.52. The minimum atomic E-state index is -2.77. The quantitative estimate of drug-likeness (QED) is 0.328. The van der Waals surface area contributed by atoms with Gasteiger partial charge in [-0.2, -0.15) is 4.98 Å². The second-order valence-corrected chi connectivity index (χ2v) is 13.0. The van der Waals surface area contributed by atoms with Crippen molar-refractivity contribution in [2.45, 2.75) is 45.8 Å². The van der Waals surface area contributed by atoms with E-state index in [1.807, 2.05) is 20.8 Å². The van der Waals surface area contributed by atoms with E-state index in [2.05, 4.69) is 16.9 Å². The van der Waals surface area contributed by atoms with E-state index in [1.165, 1.54) is 22.8 Å². The lowest BCUT2D eigenvalue weighted by molar-refractivity contribution is 0.143. The van der Waals surface area contributed by atoms with Gasteiger partial charge in [0.25, 0.3) is 0 Å². The predicted octanol–water partition coefficient (Wildman–Crippen LogP) is 5.15. The summed E-state index contributed by atoms with van der Waals surface area (Å²) in [5.41, 5.74) is 0.799. The lowest BCUT2D eigenvalue weighted by Crippen LogP contribution is -2.08. The summed E-state index contributed by atoms with van der Waals surface area (Å²) >= 11 is 2.73. The number of nitrogens with zero attached hydrogens (tertiary/aromatic N) is 2. The van der Waals surface area contributed by atoms with Gasteiger partial charge in [0.05, 0.1) is 18.9 Å². The third-order valence-corrected chi connectivity index (χ3v) is 10.5. The first-order chi connectivity index (χ1) is 11.9. The van der Waals surface area contributed by atoms with Crippen molar-refractivity contribution in [2.75, 3.05) is 32.7 Å². The van der Waals surface area contributed by atoms with Crippen molar-refractivity contribution in [2.24, 2.45) is 0 Å². The van der Waals surface area contributed by atoms with Crippen LogP contribution >= 0.6 is 28.5 Å². The topological polar surface area (TPSA) is 70.5 Å². The van der Waals surface area contributed by atoms with Crippen LogP contribution in [0.1, 0.15) is 51.6 Å². The van der Waals surface area contributed by atoms with E-state index in [0.29, 0.717) is 31.5 Å². The van der Waals surface area contributed by atoms with Crippen LogP contribution in [0, 0.1) is 0 Å². The number of ether oxygens (including phenoxy) is 2. The Labute approximate surface area is 159 Å². The Morgan fingerprint density at radius 1 is 1.20 bits per heavy atom. The lowest BCUT2D eigenvalue weighted by Gasteiger charge is -2.16. The molecule has 0 spiro atoms. The van der Waals surface area contributed by atoms with Crippen molar-refractivity contribution >= 4 is 28.5 Å². The summed E-state index contributed by atoms with van der Waals surface area (Å²) in [6, 6.07) is 1.80. The molecular formula is C16H29N2O4PS2. The van der Waals surface area contributed by atoms with Crippen LogP contribution in [0.5, 0.6) is 5.88 Å². The molecule has 0 saturated carbocycles. The van der Waals surface area contributed by atoms with Crippen molar-refractivity contribution < 1.29 is 18.6 Å². The lowest BCUT2D eigenvalue weighted by atomic mass is 10.2. The molecule has 25 heavy (non-hydrogen) atoms. The number of methoxy groups -OCH3 is 1. The van der Waals surface area contributed by atoms with Crippen LogP contribution in [0.3, 0.4) is 0 Å². The summed E-state index contributed by atoms with van der Waals surface area (Å²) in [7, 11) is 1.63. The highest BCUT2D eigenvalue weighted by atomic mass is 33.1. The van der Waals surface area contributed by atoms with E-state index in [-0.39, 0.29) is 5.92 Å². The zero-order valence-electron chi connectivity index (χ0n) is 15.7. The second kappa shape index (κ2) is 12.2. The van der Waals surface area contributed by atoms with Gasteiger partial charge in [0.15, 0.2) is 0 Å². The summed E-state index contributed by atoms with van der Waals surface area (Å²) in [5, 5.41) is 0. The van der Waals surface area contributed by atoms with Gasteiger partial charge in [-0.15, -0.1) is 0 Å². The first-order valence-corrected chi connectivity index (χ1v) is 13.3. The molecule has 1 unspecified atom stereocenters. The van der Waals surface area contributed by atoms with Gasteiger partial charge in [0.2, 0.25) is 5.88 Å². The molecule has 0 fully saturated rings. The number of rotatable bonds is 13. The van der Waals surface area contributed by atoms with Crippen LogP contribution in [0.25, 0.3) is 0 Å². The molecule has 9 heteroatoms. The van der Waals surface area contributed by atoms with Crippen LogP contribution in [-0.2, 0) is 19.6 Å². The zero-order chi connectivity index (χ0) is 18.7. The van der Waals surface area contributed by atoms with E-state index in [1.54, 1.807) is 13.2 Å². The number of hydrogen-bond donors (Lipinski definition) is 0. The third kappa shape index (κ3) is 8.78. The van der Waals surface area contributed by atoms with Gasteiger partial charge >= 0.3 is 5.77 Å². The molecule has 1 rings (SSSR count). The Balaban J connectivity index is 2.85. The highest BCUT2D eigenvalue weighted by Crippen LogP contribution is 2.70. The van der Waals surface area contributed by atoms with E-state index in [0.717, 1.165) is 23.7 Å². The largest absolute Gasteiger partial charge is 0.475 e. The molecule has 0 saturated heterocycles. The Morgan fingerprint density at radius 2 is 1.96 bits per heavy atom. The van der Waals surface area contributed by atoms with Gasteiger partial charge in [-0.1, -0.05) is 43.5 Å². The van der Waals surface area contributed by atoms with E-state index in [4.69, 9.17) is 14.0 Å². The van der Waals surface area contributed by atoms with Crippen molar-refractivity contribution in [1.82, 2.24) is 9.97 Å². The molecule has 0 aliphatic carbocycles. The van der Waals surface area contributed by atoms with Crippen LogP contribution in [-0.4, -0.2) is 42.7 Å². The smallest absolute Gasteiger partial charge is 0.313 e. The number of hydrogen-bond acceptors (Lipinski definition) is 8. The summed E-state index contributed by atoms with van der Waals surface area (Å²) < 4.78 is 29.0. The first-order valence-electron chi connectivity index (χ1n) is 8.47. The van der Waals surface area contributed by atoms with Gasteiger partial charge in [-0.25, -0.2) is 4.98 Å². The van der Waals surface area contributed by atoms with Crippen LogP contribution in [0.15, 0.2) is 6.07 Å². The van der Waals surface area contributed by atoms with Crippen LogP contribution in [0.4, 0.5) is 0 Å².